The molecule has 0 saturated carbocycles. The summed E-state index contributed by atoms with van der Waals surface area (Å²) in [4.78, 5) is 0. The van der Waals surface area contributed by atoms with E-state index in [1.165, 1.54) is 0 Å². The third-order valence-electron chi connectivity index (χ3n) is 0.964. The number of amidine groups is 1. The Morgan fingerprint density at radius 3 is 2.60 bits per heavy atom. The van der Waals surface area contributed by atoms with Gasteiger partial charge in [-0.2, -0.15) is 5.10 Å². The molecule has 7 N–H and O–H groups in total. The van der Waals surface area contributed by atoms with Gasteiger partial charge in [-0.25, -0.2) is 11.4 Å². The predicted molar refractivity (Wildman–Crippen MR) is 41.5 cm³/mol. The van der Waals surface area contributed by atoms with Gasteiger partial charge in [-0.1, -0.05) is 6.08 Å². The van der Waals surface area contributed by atoms with Gasteiger partial charge >= 0.3 is 0 Å². The lowest BCUT2D eigenvalue weighted by molar-refractivity contribution is 0.798. The van der Waals surface area contributed by atoms with Crippen molar-refractivity contribution >= 4 is 5.84 Å². The van der Waals surface area contributed by atoms with E-state index in [0.717, 1.165) is 0 Å². The third kappa shape index (κ3) is 3.73. The number of hydrazone groups is 1. The number of nitrogens with zero attached hydrogens (tertiary/aromatic N) is 1. The number of nitrogens with two attached hydrogens (primary N) is 3. The minimum absolute atomic E-state index is 0.373. The van der Waals surface area contributed by atoms with Crippen molar-refractivity contribution in [1.29, 1.82) is 0 Å². The SMILES string of the molecule is CC=C(N)C/C(N)=N/NN. The number of hydrogen-bond acceptors (Lipinski definition) is 4. The molecule has 0 aromatic rings. The van der Waals surface area contributed by atoms with Crippen LogP contribution in [-0.2, 0) is 0 Å². The number of hydrogen-bond donors (Lipinski definition) is 4. The smallest absolute Gasteiger partial charge is 0.127 e. The number of allylic oxidation sites excluding steroid dienone is 1. The topological polar surface area (TPSA) is 102 Å². The van der Waals surface area contributed by atoms with E-state index in [-0.39, 0.29) is 0 Å². The first kappa shape index (κ1) is 8.77. The summed E-state index contributed by atoms with van der Waals surface area (Å²) in [6.45, 7) is 1.83. The van der Waals surface area contributed by atoms with Crippen LogP contribution < -0.4 is 22.8 Å². The second-order valence-corrected chi connectivity index (χ2v) is 1.77. The Balaban J connectivity index is 3.79. The Morgan fingerprint density at radius 1 is 1.60 bits per heavy atom. The maximum absolute atomic E-state index is 5.44. The van der Waals surface area contributed by atoms with Gasteiger partial charge in [0.05, 0.1) is 0 Å². The first-order valence-corrected chi connectivity index (χ1v) is 2.89. The average molecular weight is 143 g/mol. The molecule has 0 aliphatic heterocycles. The van der Waals surface area contributed by atoms with E-state index in [1.54, 1.807) is 6.08 Å². The van der Waals surface area contributed by atoms with Gasteiger partial charge in [0.25, 0.3) is 0 Å². The van der Waals surface area contributed by atoms with Crippen LogP contribution in [0.25, 0.3) is 0 Å². The van der Waals surface area contributed by atoms with Crippen molar-refractivity contribution in [1.82, 2.24) is 5.53 Å². The largest absolute Gasteiger partial charge is 0.402 e. The molecule has 0 aromatic heterocycles. The van der Waals surface area contributed by atoms with Crippen LogP contribution in [0, 0.1) is 0 Å². The van der Waals surface area contributed by atoms with Crippen molar-refractivity contribution in [2.45, 2.75) is 13.3 Å². The molecule has 0 bridgehead atoms. The van der Waals surface area contributed by atoms with Crippen LogP contribution in [-0.4, -0.2) is 5.84 Å². The monoisotopic (exact) mass is 143 g/mol. The molecule has 0 aromatic carbocycles. The highest BCUT2D eigenvalue weighted by Gasteiger charge is 1.92. The predicted octanol–water partition coefficient (Wildman–Crippen LogP) is -1.03. The highest BCUT2D eigenvalue weighted by atomic mass is 15.5. The Morgan fingerprint density at radius 2 is 2.20 bits per heavy atom. The molecule has 10 heavy (non-hydrogen) atoms. The van der Waals surface area contributed by atoms with Gasteiger partial charge in [-0.3, -0.25) is 0 Å². The molecule has 5 nitrogen and oxygen atoms in total. The maximum atomic E-state index is 5.44. The van der Waals surface area contributed by atoms with E-state index in [1.807, 2.05) is 6.92 Å². The molecule has 0 heterocycles. The van der Waals surface area contributed by atoms with Gasteiger partial charge in [0, 0.05) is 12.1 Å². The Hall–Kier alpha value is -1.23. The number of hydrazine groups is 1. The molecule has 0 radical (unpaired) electrons. The lowest BCUT2D eigenvalue weighted by Crippen LogP contribution is -2.23. The minimum Gasteiger partial charge on any atom is -0.402 e. The zero-order valence-corrected chi connectivity index (χ0v) is 5.96. The van der Waals surface area contributed by atoms with Gasteiger partial charge < -0.3 is 11.5 Å². The van der Waals surface area contributed by atoms with Crippen molar-refractivity contribution < 1.29 is 0 Å². The van der Waals surface area contributed by atoms with Gasteiger partial charge in [0.15, 0.2) is 0 Å². The van der Waals surface area contributed by atoms with E-state index in [0.29, 0.717) is 18.0 Å². The van der Waals surface area contributed by atoms with Gasteiger partial charge in [0.1, 0.15) is 5.84 Å². The van der Waals surface area contributed by atoms with E-state index in [4.69, 9.17) is 17.3 Å². The highest BCUT2D eigenvalue weighted by Crippen LogP contribution is 1.89. The molecule has 0 fully saturated rings. The normalized spacial score (nSPS) is 13.4. The molecule has 0 unspecified atom stereocenters. The first-order chi connectivity index (χ1) is 4.70. The summed E-state index contributed by atoms with van der Waals surface area (Å²) < 4.78 is 0. The van der Waals surface area contributed by atoms with Crippen molar-refractivity contribution in [3.63, 3.8) is 0 Å². The Bertz CT molecular complexity index is 148. The van der Waals surface area contributed by atoms with Crippen LogP contribution in [0.4, 0.5) is 0 Å². The highest BCUT2D eigenvalue weighted by molar-refractivity contribution is 5.82. The van der Waals surface area contributed by atoms with E-state index < -0.39 is 0 Å². The number of nitrogens with one attached hydrogen (secondary N) is 1. The molecule has 0 aliphatic rings. The van der Waals surface area contributed by atoms with Gasteiger partial charge in [0.2, 0.25) is 0 Å². The summed E-state index contributed by atoms with van der Waals surface area (Å²) in [6.07, 6.45) is 2.21. The van der Waals surface area contributed by atoms with Crippen LogP contribution >= 0.6 is 0 Å². The molecular formula is C5H13N5. The summed E-state index contributed by atoms with van der Waals surface area (Å²) in [5.74, 6) is 5.24. The van der Waals surface area contributed by atoms with E-state index in [9.17, 15) is 0 Å². The Kier molecular flexibility index (Phi) is 4.06. The second kappa shape index (κ2) is 4.63. The average Bonchev–Trinajstić information content (AvgIpc) is 1.88. The number of rotatable bonds is 3. The fourth-order valence-corrected chi connectivity index (χ4v) is 0.434. The first-order valence-electron chi connectivity index (χ1n) is 2.89. The molecule has 0 spiro atoms. The lowest BCUT2D eigenvalue weighted by Gasteiger charge is -1.98. The molecule has 0 amide bonds. The summed E-state index contributed by atoms with van der Waals surface area (Å²) >= 11 is 0. The maximum Gasteiger partial charge on any atom is 0.127 e. The lowest BCUT2D eigenvalue weighted by atomic mass is 10.3. The molecule has 0 aliphatic carbocycles. The quantitative estimate of drug-likeness (QED) is 0.176. The van der Waals surface area contributed by atoms with Crippen molar-refractivity contribution in [3.05, 3.63) is 11.8 Å². The van der Waals surface area contributed by atoms with E-state index in [2.05, 4.69) is 10.6 Å². The van der Waals surface area contributed by atoms with Gasteiger partial charge in [-0.05, 0) is 6.92 Å². The fourth-order valence-electron chi connectivity index (χ4n) is 0.434. The summed E-state index contributed by atoms with van der Waals surface area (Å²) in [5, 5.41) is 3.51. The van der Waals surface area contributed by atoms with Crippen LogP contribution in [0.2, 0.25) is 0 Å². The van der Waals surface area contributed by atoms with Crippen LogP contribution in [0.3, 0.4) is 0 Å². The molecule has 58 valence electrons. The summed E-state index contributed by atoms with van der Waals surface area (Å²) in [7, 11) is 0. The Labute approximate surface area is 59.9 Å². The standard InChI is InChI=1S/C5H13N5/c1-2-4(6)3-5(7)9-10-8/h2,10H,3,6,8H2,1H3,(H2,7,9). The zero-order valence-electron chi connectivity index (χ0n) is 5.96. The molecule has 0 saturated heterocycles. The second-order valence-electron chi connectivity index (χ2n) is 1.77. The van der Waals surface area contributed by atoms with Crippen LogP contribution in [0.1, 0.15) is 13.3 Å². The molecule has 0 atom stereocenters. The third-order valence-corrected chi connectivity index (χ3v) is 0.964. The van der Waals surface area contributed by atoms with Gasteiger partial charge in [-0.15, -0.1) is 0 Å². The fraction of sp³-hybridized carbons (Fsp3) is 0.400. The summed E-state index contributed by atoms with van der Waals surface area (Å²) in [5.41, 5.74) is 13.5. The van der Waals surface area contributed by atoms with Crippen molar-refractivity contribution in [2.75, 3.05) is 0 Å². The molecule has 5 heteroatoms. The van der Waals surface area contributed by atoms with Crippen molar-refractivity contribution in [3.8, 4) is 0 Å². The molecule has 0 rings (SSSR count). The summed E-state index contributed by atoms with van der Waals surface area (Å²) in [6, 6.07) is 0. The minimum atomic E-state index is 0.373. The van der Waals surface area contributed by atoms with E-state index >= 15 is 0 Å². The van der Waals surface area contributed by atoms with Crippen LogP contribution in [0.15, 0.2) is 16.9 Å². The van der Waals surface area contributed by atoms with Crippen molar-refractivity contribution in [2.24, 2.45) is 22.4 Å². The zero-order chi connectivity index (χ0) is 7.98. The van der Waals surface area contributed by atoms with Crippen LogP contribution in [0.5, 0.6) is 0 Å². The molecular weight excluding hydrogens is 130 g/mol.